The van der Waals surface area contributed by atoms with Crippen molar-refractivity contribution in [3.63, 3.8) is 0 Å². The first-order valence-corrected chi connectivity index (χ1v) is 4.72. The zero-order valence-corrected chi connectivity index (χ0v) is 8.94. The molecule has 1 amide bonds. The number of halogens is 2. The van der Waals surface area contributed by atoms with Crippen LogP contribution < -0.4 is 5.32 Å². The third-order valence-electron chi connectivity index (χ3n) is 1.85. The molecule has 0 saturated carbocycles. The van der Waals surface area contributed by atoms with E-state index in [4.69, 9.17) is 10.2 Å². The molecule has 1 aromatic carbocycles. The van der Waals surface area contributed by atoms with Gasteiger partial charge in [0.1, 0.15) is 18.2 Å². The van der Waals surface area contributed by atoms with Crippen LogP contribution in [0.1, 0.15) is 10.4 Å². The number of benzene rings is 1. The highest BCUT2D eigenvalue weighted by atomic mass is 19.1. The normalized spacial score (nSPS) is 9.94. The molecule has 0 aliphatic heterocycles. The van der Waals surface area contributed by atoms with E-state index in [0.717, 1.165) is 0 Å². The zero-order valence-electron chi connectivity index (χ0n) is 8.94. The summed E-state index contributed by atoms with van der Waals surface area (Å²) in [5, 5.41) is 18.9. The van der Waals surface area contributed by atoms with Crippen LogP contribution in [0.4, 0.5) is 19.3 Å². The number of aliphatic hydroxyl groups is 1. The molecule has 0 spiro atoms. The Morgan fingerprint density at radius 1 is 1.28 bits per heavy atom. The van der Waals surface area contributed by atoms with Gasteiger partial charge in [-0.1, -0.05) is 0 Å². The maximum atomic E-state index is 13.2. The van der Waals surface area contributed by atoms with E-state index in [1.807, 2.05) is 5.32 Å². The minimum atomic E-state index is -1.60. The molecule has 0 unspecified atom stereocenters. The second kappa shape index (κ2) is 5.92. The lowest BCUT2D eigenvalue weighted by atomic mass is 10.2. The van der Waals surface area contributed by atoms with Crippen LogP contribution in [0.5, 0.6) is 0 Å². The number of nitrogens with one attached hydrogen (secondary N) is 1. The highest BCUT2D eigenvalue weighted by Crippen LogP contribution is 2.19. The van der Waals surface area contributed by atoms with Crippen LogP contribution in [0.2, 0.25) is 0 Å². The van der Waals surface area contributed by atoms with E-state index in [1.165, 1.54) is 0 Å². The molecule has 0 fully saturated rings. The van der Waals surface area contributed by atoms with Crippen LogP contribution in [-0.4, -0.2) is 35.5 Å². The minimum Gasteiger partial charge on any atom is -0.478 e. The van der Waals surface area contributed by atoms with Gasteiger partial charge in [0.25, 0.3) is 0 Å². The molecule has 0 aromatic heterocycles. The van der Waals surface area contributed by atoms with E-state index < -0.39 is 41.6 Å². The van der Waals surface area contributed by atoms with E-state index in [0.29, 0.717) is 12.1 Å². The number of amides is 1. The van der Waals surface area contributed by atoms with Crippen molar-refractivity contribution in [1.82, 2.24) is 0 Å². The number of carboxylic acid groups (broad SMARTS) is 1. The minimum absolute atomic E-state index is 0.305. The Balaban J connectivity index is 2.92. The summed E-state index contributed by atoms with van der Waals surface area (Å²) in [6.45, 7) is -0.722. The van der Waals surface area contributed by atoms with Crippen molar-refractivity contribution in [3.05, 3.63) is 29.3 Å². The lowest BCUT2D eigenvalue weighted by Crippen LogP contribution is -2.17. The second-order valence-electron chi connectivity index (χ2n) is 3.10. The van der Waals surface area contributed by atoms with Gasteiger partial charge in [-0.15, -0.1) is 0 Å². The van der Waals surface area contributed by atoms with Gasteiger partial charge in [0.05, 0.1) is 17.9 Å². The van der Waals surface area contributed by atoms with Gasteiger partial charge in [0, 0.05) is 6.07 Å². The number of carboxylic acids is 1. The topological polar surface area (TPSA) is 95.9 Å². The highest BCUT2D eigenvalue weighted by molar-refractivity contribution is 5.91. The van der Waals surface area contributed by atoms with E-state index >= 15 is 0 Å². The van der Waals surface area contributed by atoms with Crippen molar-refractivity contribution in [1.29, 1.82) is 0 Å². The fraction of sp³-hybridized carbons (Fsp3) is 0.200. The van der Waals surface area contributed by atoms with Crippen molar-refractivity contribution in [2.45, 2.75) is 0 Å². The van der Waals surface area contributed by atoms with Gasteiger partial charge in [-0.3, -0.25) is 5.32 Å². The molecule has 6 nitrogen and oxygen atoms in total. The van der Waals surface area contributed by atoms with Crippen molar-refractivity contribution in [3.8, 4) is 0 Å². The number of carbonyl (C=O) groups excluding carboxylic acids is 1. The maximum absolute atomic E-state index is 13.2. The molecule has 3 N–H and O–H groups in total. The summed E-state index contributed by atoms with van der Waals surface area (Å²) in [7, 11) is 0. The summed E-state index contributed by atoms with van der Waals surface area (Å²) in [6, 6.07) is 0.971. The number of rotatable bonds is 4. The first-order chi connectivity index (χ1) is 8.45. The van der Waals surface area contributed by atoms with Crippen LogP contribution in [0.25, 0.3) is 0 Å². The molecule has 18 heavy (non-hydrogen) atoms. The lowest BCUT2D eigenvalue weighted by molar-refractivity contribution is 0.0691. The monoisotopic (exact) mass is 261 g/mol. The predicted molar refractivity (Wildman–Crippen MR) is 55.4 cm³/mol. The highest BCUT2D eigenvalue weighted by Gasteiger charge is 2.16. The summed E-state index contributed by atoms with van der Waals surface area (Å²) >= 11 is 0. The maximum Gasteiger partial charge on any atom is 0.411 e. The van der Waals surface area contributed by atoms with Crippen LogP contribution in [0.3, 0.4) is 0 Å². The lowest BCUT2D eigenvalue weighted by Gasteiger charge is -2.08. The predicted octanol–water partition coefficient (Wildman–Crippen LogP) is 1.20. The van der Waals surface area contributed by atoms with Crippen molar-refractivity contribution < 1.29 is 33.3 Å². The Morgan fingerprint density at radius 2 is 1.94 bits per heavy atom. The molecule has 0 bridgehead atoms. The van der Waals surface area contributed by atoms with Gasteiger partial charge in [-0.25, -0.2) is 18.4 Å². The molecular formula is C10H9F2NO5. The molecule has 0 radical (unpaired) electrons. The molecule has 0 aliphatic carbocycles. The van der Waals surface area contributed by atoms with Gasteiger partial charge >= 0.3 is 12.1 Å². The number of carbonyl (C=O) groups is 2. The molecule has 8 heteroatoms. The summed E-state index contributed by atoms with van der Waals surface area (Å²) in [6.07, 6.45) is -1.09. The number of anilines is 1. The fourth-order valence-corrected chi connectivity index (χ4v) is 1.09. The molecule has 0 atom stereocenters. The SMILES string of the molecule is O=C(Nc1cc(C(=O)O)c(F)cc1F)OCCO. The number of ether oxygens (including phenoxy) is 1. The third kappa shape index (κ3) is 3.39. The Labute approximate surface area is 99.8 Å². The summed E-state index contributed by atoms with van der Waals surface area (Å²) in [5.74, 6) is -3.99. The Hall–Kier alpha value is -2.22. The van der Waals surface area contributed by atoms with E-state index in [1.54, 1.807) is 0 Å². The summed E-state index contributed by atoms with van der Waals surface area (Å²) in [5.41, 5.74) is -1.31. The van der Waals surface area contributed by atoms with Crippen LogP contribution in [0, 0.1) is 11.6 Å². The first-order valence-electron chi connectivity index (χ1n) is 4.72. The molecule has 1 rings (SSSR count). The van der Waals surface area contributed by atoms with Gasteiger partial charge in [-0.2, -0.15) is 0 Å². The number of aliphatic hydroxyl groups excluding tert-OH is 1. The zero-order chi connectivity index (χ0) is 13.7. The van der Waals surface area contributed by atoms with Crippen LogP contribution in [0.15, 0.2) is 12.1 Å². The van der Waals surface area contributed by atoms with Gasteiger partial charge in [-0.05, 0) is 6.07 Å². The van der Waals surface area contributed by atoms with E-state index in [9.17, 15) is 18.4 Å². The Kier molecular flexibility index (Phi) is 4.55. The van der Waals surface area contributed by atoms with E-state index in [2.05, 4.69) is 4.74 Å². The second-order valence-corrected chi connectivity index (χ2v) is 3.10. The average Bonchev–Trinajstić information content (AvgIpc) is 2.29. The summed E-state index contributed by atoms with van der Waals surface area (Å²) in [4.78, 5) is 21.6. The van der Waals surface area contributed by atoms with Crippen LogP contribution >= 0.6 is 0 Å². The van der Waals surface area contributed by atoms with Gasteiger partial charge in [0.15, 0.2) is 0 Å². The number of aromatic carboxylic acids is 1. The standard InChI is InChI=1S/C10H9F2NO5/c11-6-4-7(12)8(3-5(6)9(15)16)13-10(17)18-2-1-14/h3-4,14H,1-2H2,(H,13,17)(H,15,16). The van der Waals surface area contributed by atoms with E-state index in [-0.39, 0.29) is 6.61 Å². The molecule has 0 aliphatic rings. The Morgan fingerprint density at radius 3 is 2.50 bits per heavy atom. The molecule has 0 heterocycles. The number of hydrogen-bond donors (Lipinski definition) is 3. The first kappa shape index (κ1) is 13.8. The van der Waals surface area contributed by atoms with Crippen molar-refractivity contribution >= 4 is 17.7 Å². The smallest absolute Gasteiger partial charge is 0.411 e. The molecule has 0 saturated heterocycles. The van der Waals surface area contributed by atoms with Crippen molar-refractivity contribution in [2.75, 3.05) is 18.5 Å². The largest absolute Gasteiger partial charge is 0.478 e. The molecule has 98 valence electrons. The van der Waals surface area contributed by atoms with Crippen LogP contribution in [-0.2, 0) is 4.74 Å². The molecular weight excluding hydrogens is 252 g/mol. The number of hydrogen-bond acceptors (Lipinski definition) is 4. The van der Waals surface area contributed by atoms with Crippen molar-refractivity contribution in [2.24, 2.45) is 0 Å². The quantitative estimate of drug-likeness (QED) is 0.756. The third-order valence-corrected chi connectivity index (χ3v) is 1.85. The fourth-order valence-electron chi connectivity index (χ4n) is 1.09. The Bertz CT molecular complexity index is 478. The average molecular weight is 261 g/mol. The molecule has 1 aromatic rings. The van der Waals surface area contributed by atoms with Gasteiger partial charge < -0.3 is 14.9 Å². The summed E-state index contributed by atoms with van der Waals surface area (Å²) < 4.78 is 30.6. The van der Waals surface area contributed by atoms with Gasteiger partial charge in [0.2, 0.25) is 0 Å².